The van der Waals surface area contributed by atoms with Crippen LogP contribution in [0.25, 0.3) is 0 Å². The van der Waals surface area contributed by atoms with E-state index in [9.17, 15) is 28.0 Å². The largest absolute Gasteiger partial charge is 0.456 e. The number of benzene rings is 1. The van der Waals surface area contributed by atoms with Crippen molar-refractivity contribution in [1.82, 2.24) is 10.2 Å². The SMILES string of the molecule is C[C@@H]1CCCC[C@@]12NC(=O)N(CC(=O)OCC(=O)c1cc(F)ccc1F)C2=O. The number of Topliss-reactive ketones (excluding diaryl/α,β-unsaturated/α-hetero) is 1. The highest BCUT2D eigenvalue weighted by atomic mass is 19.1. The van der Waals surface area contributed by atoms with E-state index in [1.54, 1.807) is 0 Å². The lowest BCUT2D eigenvalue weighted by atomic mass is 9.73. The third-order valence-electron chi connectivity index (χ3n) is 5.38. The van der Waals surface area contributed by atoms with Gasteiger partial charge in [0.05, 0.1) is 5.56 Å². The van der Waals surface area contributed by atoms with Crippen LogP contribution in [0.1, 0.15) is 43.0 Å². The summed E-state index contributed by atoms with van der Waals surface area (Å²) in [6, 6.07) is 1.68. The van der Waals surface area contributed by atoms with Crippen LogP contribution in [0.2, 0.25) is 0 Å². The molecular weight excluding hydrogens is 374 g/mol. The summed E-state index contributed by atoms with van der Waals surface area (Å²) in [4.78, 5) is 49.7. The molecule has 2 aliphatic rings. The number of carbonyl (C=O) groups is 4. The molecule has 1 aliphatic heterocycles. The fourth-order valence-electron chi connectivity index (χ4n) is 3.75. The molecule has 0 radical (unpaired) electrons. The molecule has 9 heteroatoms. The molecule has 1 N–H and O–H groups in total. The molecule has 1 saturated heterocycles. The molecule has 7 nitrogen and oxygen atoms in total. The normalized spacial score (nSPS) is 24.4. The summed E-state index contributed by atoms with van der Waals surface area (Å²) in [5.41, 5.74) is -1.55. The van der Waals surface area contributed by atoms with Gasteiger partial charge in [-0.05, 0) is 37.0 Å². The summed E-state index contributed by atoms with van der Waals surface area (Å²) < 4.78 is 31.5. The van der Waals surface area contributed by atoms with E-state index < -0.39 is 59.6 Å². The minimum absolute atomic E-state index is 0.0590. The number of carbonyl (C=O) groups excluding carboxylic acids is 4. The molecule has 1 spiro atoms. The Morgan fingerprint density at radius 3 is 2.75 bits per heavy atom. The zero-order valence-corrected chi connectivity index (χ0v) is 15.3. The molecule has 0 bridgehead atoms. The van der Waals surface area contributed by atoms with Gasteiger partial charge in [-0.3, -0.25) is 19.3 Å². The Morgan fingerprint density at radius 1 is 1.29 bits per heavy atom. The second-order valence-electron chi connectivity index (χ2n) is 7.15. The number of urea groups is 1. The van der Waals surface area contributed by atoms with Crippen molar-refractivity contribution in [3.05, 3.63) is 35.4 Å². The van der Waals surface area contributed by atoms with Gasteiger partial charge in [-0.25, -0.2) is 13.6 Å². The van der Waals surface area contributed by atoms with Gasteiger partial charge in [-0.15, -0.1) is 0 Å². The second-order valence-corrected chi connectivity index (χ2v) is 7.15. The Morgan fingerprint density at radius 2 is 2.04 bits per heavy atom. The number of nitrogens with one attached hydrogen (secondary N) is 1. The van der Waals surface area contributed by atoms with E-state index in [2.05, 4.69) is 5.32 Å². The van der Waals surface area contributed by atoms with Crippen molar-refractivity contribution in [2.75, 3.05) is 13.2 Å². The lowest BCUT2D eigenvalue weighted by Gasteiger charge is -2.36. The third kappa shape index (κ3) is 3.61. The van der Waals surface area contributed by atoms with Crippen LogP contribution in [0.3, 0.4) is 0 Å². The van der Waals surface area contributed by atoms with Gasteiger partial charge in [-0.2, -0.15) is 0 Å². The van der Waals surface area contributed by atoms with Crippen molar-refractivity contribution >= 4 is 23.7 Å². The highest BCUT2D eigenvalue weighted by molar-refractivity contribution is 6.09. The number of rotatable bonds is 5. The molecule has 0 aromatic heterocycles. The first-order valence-electron chi connectivity index (χ1n) is 9.02. The Kier molecular flexibility index (Phi) is 5.44. The number of amides is 3. The van der Waals surface area contributed by atoms with E-state index >= 15 is 0 Å². The molecule has 1 heterocycles. The topological polar surface area (TPSA) is 92.8 Å². The minimum Gasteiger partial charge on any atom is -0.456 e. The molecule has 0 unspecified atom stereocenters. The molecule has 1 aromatic carbocycles. The van der Waals surface area contributed by atoms with Crippen LogP contribution in [-0.2, 0) is 14.3 Å². The Labute approximate surface area is 160 Å². The predicted molar refractivity (Wildman–Crippen MR) is 92.3 cm³/mol. The highest BCUT2D eigenvalue weighted by Crippen LogP contribution is 2.38. The Balaban J connectivity index is 1.60. The van der Waals surface area contributed by atoms with Crippen LogP contribution in [0.5, 0.6) is 0 Å². The summed E-state index contributed by atoms with van der Waals surface area (Å²) in [6.07, 6.45) is 3.05. The van der Waals surface area contributed by atoms with Crippen molar-refractivity contribution in [3.8, 4) is 0 Å². The molecule has 150 valence electrons. The number of hydrogen-bond acceptors (Lipinski definition) is 5. The Bertz CT molecular complexity index is 844. The molecule has 1 aliphatic carbocycles. The molecule has 1 aromatic rings. The first kappa shape index (κ1) is 19.9. The number of ketones is 1. The maximum Gasteiger partial charge on any atom is 0.326 e. The smallest absolute Gasteiger partial charge is 0.326 e. The van der Waals surface area contributed by atoms with E-state index in [1.165, 1.54) is 0 Å². The molecular formula is C19H20F2N2O5. The first-order valence-corrected chi connectivity index (χ1v) is 9.02. The summed E-state index contributed by atoms with van der Waals surface area (Å²) in [6.45, 7) is 0.397. The van der Waals surface area contributed by atoms with Gasteiger partial charge in [0.15, 0.2) is 6.61 Å². The maximum absolute atomic E-state index is 13.6. The minimum atomic E-state index is -1.00. The fraction of sp³-hybridized carbons (Fsp3) is 0.474. The fourth-order valence-corrected chi connectivity index (χ4v) is 3.75. The summed E-state index contributed by atoms with van der Waals surface area (Å²) in [7, 11) is 0. The van der Waals surface area contributed by atoms with Crippen molar-refractivity contribution < 1.29 is 32.7 Å². The summed E-state index contributed by atoms with van der Waals surface area (Å²) >= 11 is 0. The van der Waals surface area contributed by atoms with Crippen LogP contribution in [-0.4, -0.2) is 47.3 Å². The summed E-state index contributed by atoms with van der Waals surface area (Å²) in [5, 5.41) is 2.70. The number of halogens is 2. The molecule has 1 saturated carbocycles. The Hall–Kier alpha value is -2.84. The van der Waals surface area contributed by atoms with Crippen LogP contribution in [0.4, 0.5) is 13.6 Å². The van der Waals surface area contributed by atoms with E-state index in [-0.39, 0.29) is 5.92 Å². The number of nitrogens with zero attached hydrogens (tertiary/aromatic N) is 1. The van der Waals surface area contributed by atoms with Gasteiger partial charge in [-0.1, -0.05) is 19.8 Å². The quantitative estimate of drug-likeness (QED) is 0.470. The van der Waals surface area contributed by atoms with Gasteiger partial charge in [0.1, 0.15) is 23.7 Å². The van der Waals surface area contributed by atoms with Gasteiger partial charge in [0.2, 0.25) is 5.78 Å². The lowest BCUT2D eigenvalue weighted by molar-refractivity contribution is -0.147. The van der Waals surface area contributed by atoms with Gasteiger partial charge < -0.3 is 10.1 Å². The summed E-state index contributed by atoms with van der Waals surface area (Å²) in [5.74, 6) is -4.21. The molecule has 2 atom stereocenters. The monoisotopic (exact) mass is 394 g/mol. The second kappa shape index (κ2) is 7.65. The van der Waals surface area contributed by atoms with E-state index in [0.717, 1.165) is 36.3 Å². The predicted octanol–water partition coefficient (Wildman–Crippen LogP) is 2.19. The van der Waals surface area contributed by atoms with Crippen LogP contribution in [0.15, 0.2) is 18.2 Å². The van der Waals surface area contributed by atoms with Gasteiger partial charge in [0, 0.05) is 0 Å². The molecule has 3 rings (SSSR count). The molecule has 3 amide bonds. The van der Waals surface area contributed by atoms with E-state index in [4.69, 9.17) is 4.74 Å². The average Bonchev–Trinajstić information content (AvgIpc) is 2.89. The first-order chi connectivity index (χ1) is 13.2. The van der Waals surface area contributed by atoms with E-state index in [0.29, 0.717) is 12.5 Å². The zero-order chi connectivity index (χ0) is 20.5. The van der Waals surface area contributed by atoms with E-state index in [1.807, 2.05) is 6.92 Å². The van der Waals surface area contributed by atoms with Crippen molar-refractivity contribution in [1.29, 1.82) is 0 Å². The van der Waals surface area contributed by atoms with Gasteiger partial charge in [0.25, 0.3) is 5.91 Å². The highest BCUT2D eigenvalue weighted by Gasteiger charge is 2.55. The van der Waals surface area contributed by atoms with Crippen LogP contribution < -0.4 is 5.32 Å². The maximum atomic E-state index is 13.6. The number of hydrogen-bond donors (Lipinski definition) is 1. The van der Waals surface area contributed by atoms with Crippen molar-refractivity contribution in [3.63, 3.8) is 0 Å². The zero-order valence-electron chi connectivity index (χ0n) is 15.3. The molecule has 2 fully saturated rings. The van der Waals surface area contributed by atoms with Crippen molar-refractivity contribution in [2.45, 2.75) is 38.1 Å². The van der Waals surface area contributed by atoms with Gasteiger partial charge >= 0.3 is 12.0 Å². The number of esters is 1. The van der Waals surface area contributed by atoms with Crippen LogP contribution >= 0.6 is 0 Å². The lowest BCUT2D eigenvalue weighted by Crippen LogP contribution is -2.54. The average molecular weight is 394 g/mol. The third-order valence-corrected chi connectivity index (χ3v) is 5.38. The van der Waals surface area contributed by atoms with Crippen molar-refractivity contribution in [2.24, 2.45) is 5.92 Å². The standard InChI is InChI=1S/C19H20F2N2O5/c1-11-4-2-3-7-19(11)17(26)23(18(27)22-19)9-16(25)28-10-15(24)13-8-12(20)5-6-14(13)21/h5-6,8,11H,2-4,7,9-10H2,1H3,(H,22,27)/t11-,19-/m1/s1. The number of ether oxygens (including phenoxy) is 1. The number of imide groups is 1. The van der Waals surface area contributed by atoms with Crippen LogP contribution in [0, 0.1) is 17.6 Å². The molecule has 28 heavy (non-hydrogen) atoms.